The van der Waals surface area contributed by atoms with Crippen LogP contribution < -0.4 is 11.1 Å². The molecule has 0 radical (unpaired) electrons. The van der Waals surface area contributed by atoms with Gasteiger partial charge in [-0.3, -0.25) is 10.2 Å². The molecule has 0 saturated heterocycles. The van der Waals surface area contributed by atoms with Crippen molar-refractivity contribution in [2.45, 2.75) is 20.0 Å². The predicted octanol–water partition coefficient (Wildman–Crippen LogP) is 4.12. The molecule has 0 aliphatic rings. The maximum Gasteiger partial charge on any atom is 0.353 e. The fourth-order valence-corrected chi connectivity index (χ4v) is 3.50. The number of esters is 1. The summed E-state index contributed by atoms with van der Waals surface area (Å²) in [4.78, 5) is 29.3. The van der Waals surface area contributed by atoms with Crippen molar-refractivity contribution in [3.05, 3.63) is 65.5 Å². The zero-order chi connectivity index (χ0) is 21.5. The fourth-order valence-electron chi connectivity index (χ4n) is 2.77. The van der Waals surface area contributed by atoms with E-state index in [1.165, 1.54) is 11.3 Å². The lowest BCUT2D eigenvalue weighted by molar-refractivity contribution is -0.137. The van der Waals surface area contributed by atoms with Crippen molar-refractivity contribution in [3.8, 4) is 11.3 Å². The summed E-state index contributed by atoms with van der Waals surface area (Å²) in [5.41, 5.74) is 8.39. The van der Waals surface area contributed by atoms with E-state index in [2.05, 4.69) is 10.3 Å². The fraction of sp³-hybridized carbons (Fsp3) is 0.182. The predicted molar refractivity (Wildman–Crippen MR) is 118 cm³/mol. The highest BCUT2D eigenvalue weighted by Gasteiger charge is 2.28. The van der Waals surface area contributed by atoms with E-state index >= 15 is 0 Å². The number of hydrogen-bond acceptors (Lipinski definition) is 7. The van der Waals surface area contributed by atoms with E-state index in [0.29, 0.717) is 22.9 Å². The van der Waals surface area contributed by atoms with E-state index in [-0.39, 0.29) is 12.3 Å². The Morgan fingerprint density at radius 1 is 1.17 bits per heavy atom. The monoisotopic (exact) mass is 422 g/mol. The normalized spacial score (nSPS) is 11.5. The molecule has 0 bridgehead atoms. The highest BCUT2D eigenvalue weighted by molar-refractivity contribution is 7.14. The first kappa shape index (κ1) is 21.2. The van der Waals surface area contributed by atoms with Gasteiger partial charge in [-0.05, 0) is 24.1 Å². The summed E-state index contributed by atoms with van der Waals surface area (Å²) < 4.78 is 5.18. The van der Waals surface area contributed by atoms with Gasteiger partial charge in [-0.25, -0.2) is 9.78 Å². The summed E-state index contributed by atoms with van der Waals surface area (Å²) in [6.07, 6.45) is 0.293. The van der Waals surface area contributed by atoms with Crippen LogP contribution in [0.3, 0.4) is 0 Å². The van der Waals surface area contributed by atoms with Gasteiger partial charge >= 0.3 is 5.97 Å². The van der Waals surface area contributed by atoms with E-state index < -0.39 is 17.8 Å². The number of thiazole rings is 1. The number of hydrogen-bond donors (Lipinski definition) is 3. The van der Waals surface area contributed by atoms with Crippen LogP contribution in [0, 0.1) is 11.3 Å². The van der Waals surface area contributed by atoms with Gasteiger partial charge in [0.05, 0.1) is 11.6 Å². The maximum atomic E-state index is 12.6. The molecule has 1 unspecified atom stereocenters. The lowest BCUT2D eigenvalue weighted by Crippen LogP contribution is -2.34. The molecule has 1 atom stereocenters. The summed E-state index contributed by atoms with van der Waals surface area (Å²) in [5.74, 6) is -2.18. The molecule has 3 aromatic rings. The third-order valence-corrected chi connectivity index (χ3v) is 5.20. The SMILES string of the molecule is CCC(C(=N)C(=O)OCc1ccccc1)C(=O)Nc1nc(-c2ccc(N)cc2)cs1. The van der Waals surface area contributed by atoms with Crippen molar-refractivity contribution in [1.82, 2.24) is 4.98 Å². The first-order valence-corrected chi connectivity index (χ1v) is 10.3. The largest absolute Gasteiger partial charge is 0.456 e. The lowest BCUT2D eigenvalue weighted by atomic mass is 9.99. The van der Waals surface area contributed by atoms with Gasteiger partial charge in [-0.1, -0.05) is 49.4 Å². The minimum atomic E-state index is -0.919. The van der Waals surface area contributed by atoms with Crippen molar-refractivity contribution in [3.63, 3.8) is 0 Å². The standard InChI is InChI=1S/C22H22N4O3S/c1-2-17(19(24)21(28)29-12-14-6-4-3-5-7-14)20(27)26-22-25-18(13-30-22)15-8-10-16(23)11-9-15/h3-11,13,17,24H,2,12,23H2,1H3,(H,25,26,27). The minimum absolute atomic E-state index is 0.0531. The average molecular weight is 423 g/mol. The summed E-state index contributed by atoms with van der Waals surface area (Å²) >= 11 is 1.27. The number of amides is 1. The van der Waals surface area contributed by atoms with E-state index in [0.717, 1.165) is 11.1 Å². The highest BCUT2D eigenvalue weighted by atomic mass is 32.1. The second kappa shape index (κ2) is 9.80. The zero-order valence-corrected chi connectivity index (χ0v) is 17.2. The Morgan fingerprint density at radius 3 is 2.53 bits per heavy atom. The Labute approximate surface area is 178 Å². The molecule has 0 fully saturated rings. The smallest absolute Gasteiger partial charge is 0.353 e. The number of nitrogen functional groups attached to an aromatic ring is 1. The number of aromatic nitrogens is 1. The van der Waals surface area contributed by atoms with Crippen LogP contribution in [0.25, 0.3) is 11.3 Å². The third kappa shape index (κ3) is 5.30. The topological polar surface area (TPSA) is 118 Å². The third-order valence-electron chi connectivity index (χ3n) is 4.45. The molecule has 1 amide bonds. The number of nitrogens with one attached hydrogen (secondary N) is 2. The molecule has 7 nitrogen and oxygen atoms in total. The number of ether oxygens (including phenoxy) is 1. The van der Waals surface area contributed by atoms with Crippen LogP contribution >= 0.6 is 11.3 Å². The van der Waals surface area contributed by atoms with Crippen LogP contribution in [-0.4, -0.2) is 22.6 Å². The average Bonchev–Trinajstić information content (AvgIpc) is 3.22. The molecule has 8 heteroatoms. The Morgan fingerprint density at radius 2 is 1.87 bits per heavy atom. The van der Waals surface area contributed by atoms with Gasteiger partial charge in [-0.15, -0.1) is 11.3 Å². The second-order valence-electron chi connectivity index (χ2n) is 6.59. The van der Waals surface area contributed by atoms with Crippen molar-refractivity contribution >= 4 is 39.7 Å². The van der Waals surface area contributed by atoms with Gasteiger partial charge < -0.3 is 15.8 Å². The van der Waals surface area contributed by atoms with E-state index in [4.69, 9.17) is 15.9 Å². The van der Waals surface area contributed by atoms with Crippen LogP contribution in [-0.2, 0) is 20.9 Å². The number of rotatable bonds is 8. The highest BCUT2D eigenvalue weighted by Crippen LogP contribution is 2.26. The van der Waals surface area contributed by atoms with E-state index in [1.807, 2.05) is 47.8 Å². The second-order valence-corrected chi connectivity index (χ2v) is 7.44. The Bertz CT molecular complexity index is 1030. The quantitative estimate of drug-likeness (QED) is 0.287. The van der Waals surface area contributed by atoms with Crippen LogP contribution in [0.2, 0.25) is 0 Å². The summed E-state index contributed by atoms with van der Waals surface area (Å²) in [7, 11) is 0. The number of anilines is 2. The zero-order valence-electron chi connectivity index (χ0n) is 16.4. The molecule has 0 aliphatic heterocycles. The molecule has 4 N–H and O–H groups in total. The van der Waals surface area contributed by atoms with Crippen molar-refractivity contribution < 1.29 is 14.3 Å². The van der Waals surface area contributed by atoms with Crippen LogP contribution in [0.15, 0.2) is 60.0 Å². The van der Waals surface area contributed by atoms with Gasteiger partial charge in [-0.2, -0.15) is 0 Å². The molecule has 0 spiro atoms. The molecule has 0 saturated carbocycles. The number of nitrogens with zero attached hydrogens (tertiary/aromatic N) is 1. The summed E-state index contributed by atoms with van der Waals surface area (Å²) in [6.45, 7) is 1.79. The molecular weight excluding hydrogens is 400 g/mol. The van der Waals surface area contributed by atoms with Gasteiger partial charge in [0.25, 0.3) is 0 Å². The molecule has 1 aromatic heterocycles. The Hall–Kier alpha value is -3.52. The molecular formula is C22H22N4O3S. The first-order valence-electron chi connectivity index (χ1n) is 9.39. The van der Waals surface area contributed by atoms with Gasteiger partial charge in [0, 0.05) is 16.6 Å². The van der Waals surface area contributed by atoms with Gasteiger partial charge in [0.1, 0.15) is 12.3 Å². The maximum absolute atomic E-state index is 12.6. The van der Waals surface area contributed by atoms with Crippen molar-refractivity contribution in [2.75, 3.05) is 11.1 Å². The molecule has 2 aromatic carbocycles. The molecule has 154 valence electrons. The van der Waals surface area contributed by atoms with Gasteiger partial charge in [0.15, 0.2) is 5.13 Å². The van der Waals surface area contributed by atoms with Crippen LogP contribution in [0.1, 0.15) is 18.9 Å². The molecule has 3 rings (SSSR count). The van der Waals surface area contributed by atoms with Gasteiger partial charge in [0.2, 0.25) is 5.91 Å². The number of nitrogens with two attached hydrogens (primary N) is 1. The van der Waals surface area contributed by atoms with Crippen molar-refractivity contribution in [2.24, 2.45) is 5.92 Å². The summed E-state index contributed by atoms with van der Waals surface area (Å²) in [6, 6.07) is 16.4. The van der Waals surface area contributed by atoms with E-state index in [1.54, 1.807) is 19.1 Å². The number of carbonyl (C=O) groups is 2. The van der Waals surface area contributed by atoms with Crippen LogP contribution in [0.5, 0.6) is 0 Å². The summed E-state index contributed by atoms with van der Waals surface area (Å²) in [5, 5.41) is 13.0. The minimum Gasteiger partial charge on any atom is -0.456 e. The molecule has 1 heterocycles. The van der Waals surface area contributed by atoms with E-state index in [9.17, 15) is 9.59 Å². The Balaban J connectivity index is 1.60. The molecule has 0 aliphatic carbocycles. The van der Waals surface area contributed by atoms with Crippen LogP contribution in [0.4, 0.5) is 10.8 Å². The number of carbonyl (C=O) groups excluding carboxylic acids is 2. The lowest BCUT2D eigenvalue weighted by Gasteiger charge is -2.14. The Kier molecular flexibility index (Phi) is 6.92. The molecule has 30 heavy (non-hydrogen) atoms. The number of benzene rings is 2. The van der Waals surface area contributed by atoms with Crippen molar-refractivity contribution in [1.29, 1.82) is 5.41 Å². The first-order chi connectivity index (χ1) is 14.5.